The molecule has 1 atom stereocenters. The summed E-state index contributed by atoms with van der Waals surface area (Å²) in [4.78, 5) is 27.6. The Balaban J connectivity index is 1.34. The molecule has 1 aliphatic rings. The molecule has 224 valence electrons. The van der Waals surface area contributed by atoms with E-state index in [-0.39, 0.29) is 24.8 Å². The van der Waals surface area contributed by atoms with Gasteiger partial charge in [-0.1, -0.05) is 72.5 Å². The van der Waals surface area contributed by atoms with Crippen molar-refractivity contribution >= 4 is 23.7 Å². The van der Waals surface area contributed by atoms with E-state index < -0.39 is 12.1 Å². The van der Waals surface area contributed by atoms with Gasteiger partial charge in [-0.2, -0.15) is 0 Å². The Hall–Kier alpha value is -4.33. The monoisotopic (exact) mass is 602 g/mol. The fourth-order valence-corrected chi connectivity index (χ4v) is 4.92. The highest BCUT2D eigenvalue weighted by atomic mass is 35.5. The lowest BCUT2D eigenvalue weighted by Gasteiger charge is -2.39. The SMILES string of the molecule is C=CC(=O)Oc1cc(C#CCCN(N)C(=O)O)ccc1OCCN1CCN(C(c2ccccc2)c2ccc(Cl)cc2)CC1. The molecule has 0 aromatic heterocycles. The Morgan fingerprint density at radius 2 is 1.72 bits per heavy atom. The summed E-state index contributed by atoms with van der Waals surface area (Å²) in [5.41, 5.74) is 3.05. The van der Waals surface area contributed by atoms with Gasteiger partial charge < -0.3 is 14.6 Å². The van der Waals surface area contributed by atoms with Crippen LogP contribution in [0.4, 0.5) is 4.79 Å². The molecule has 9 nitrogen and oxygen atoms in total. The first-order valence-corrected chi connectivity index (χ1v) is 14.3. The van der Waals surface area contributed by atoms with Crippen molar-refractivity contribution in [1.82, 2.24) is 14.8 Å². The predicted molar refractivity (Wildman–Crippen MR) is 166 cm³/mol. The van der Waals surface area contributed by atoms with Gasteiger partial charge in [0.1, 0.15) is 6.61 Å². The minimum atomic E-state index is -1.22. The number of esters is 1. The first-order chi connectivity index (χ1) is 20.8. The Morgan fingerprint density at radius 1 is 1.02 bits per heavy atom. The molecule has 1 amide bonds. The summed E-state index contributed by atoms with van der Waals surface area (Å²) >= 11 is 6.16. The second kappa shape index (κ2) is 15.8. The molecule has 0 spiro atoms. The average Bonchev–Trinajstić information content (AvgIpc) is 3.02. The van der Waals surface area contributed by atoms with Gasteiger partial charge in [-0.15, -0.1) is 0 Å². The number of amides is 1. The number of ether oxygens (including phenoxy) is 2. The third-order valence-corrected chi connectivity index (χ3v) is 7.27. The smallest absolute Gasteiger partial charge is 0.421 e. The minimum absolute atomic E-state index is 0.0735. The number of carbonyl (C=O) groups is 2. The second-order valence-corrected chi connectivity index (χ2v) is 10.3. The van der Waals surface area contributed by atoms with Gasteiger partial charge in [-0.3, -0.25) is 9.80 Å². The van der Waals surface area contributed by atoms with Crippen LogP contribution in [-0.4, -0.2) is 77.9 Å². The lowest BCUT2D eigenvalue weighted by molar-refractivity contribution is -0.129. The van der Waals surface area contributed by atoms with E-state index in [9.17, 15) is 9.59 Å². The molecule has 10 heteroatoms. The minimum Gasteiger partial charge on any atom is -0.488 e. The molecule has 0 aliphatic carbocycles. The lowest BCUT2D eigenvalue weighted by Crippen LogP contribution is -2.48. The van der Waals surface area contributed by atoms with Crippen molar-refractivity contribution in [3.63, 3.8) is 0 Å². The number of carbonyl (C=O) groups excluding carboxylic acids is 1. The maximum atomic E-state index is 11.9. The second-order valence-electron chi connectivity index (χ2n) is 9.91. The van der Waals surface area contributed by atoms with Crippen molar-refractivity contribution < 1.29 is 24.2 Å². The van der Waals surface area contributed by atoms with E-state index >= 15 is 0 Å². The van der Waals surface area contributed by atoms with Crippen LogP contribution in [0.15, 0.2) is 85.5 Å². The maximum Gasteiger partial charge on any atom is 0.421 e. The third kappa shape index (κ3) is 9.33. The van der Waals surface area contributed by atoms with E-state index in [1.165, 1.54) is 11.1 Å². The molecule has 1 aliphatic heterocycles. The van der Waals surface area contributed by atoms with Crippen LogP contribution in [0.3, 0.4) is 0 Å². The molecule has 1 saturated heterocycles. The average molecular weight is 603 g/mol. The van der Waals surface area contributed by atoms with E-state index in [0.29, 0.717) is 29.5 Å². The van der Waals surface area contributed by atoms with E-state index in [1.807, 2.05) is 18.2 Å². The van der Waals surface area contributed by atoms with Crippen molar-refractivity contribution in [2.75, 3.05) is 45.9 Å². The molecule has 3 N–H and O–H groups in total. The van der Waals surface area contributed by atoms with E-state index in [2.05, 4.69) is 64.6 Å². The van der Waals surface area contributed by atoms with Gasteiger partial charge in [0.25, 0.3) is 0 Å². The molecule has 1 unspecified atom stereocenters. The van der Waals surface area contributed by atoms with Crippen molar-refractivity contribution in [2.45, 2.75) is 12.5 Å². The summed E-state index contributed by atoms with van der Waals surface area (Å²) < 4.78 is 11.4. The van der Waals surface area contributed by atoms with Crippen LogP contribution in [0.25, 0.3) is 0 Å². The highest BCUT2D eigenvalue weighted by Crippen LogP contribution is 2.31. The van der Waals surface area contributed by atoms with Gasteiger partial charge in [-0.05, 0) is 35.4 Å². The van der Waals surface area contributed by atoms with Crippen molar-refractivity contribution in [3.05, 3.63) is 107 Å². The predicted octanol–water partition coefficient (Wildman–Crippen LogP) is 4.81. The number of hydrogen-bond acceptors (Lipinski definition) is 7. The topological polar surface area (TPSA) is 109 Å². The highest BCUT2D eigenvalue weighted by Gasteiger charge is 2.26. The summed E-state index contributed by atoms with van der Waals surface area (Å²) in [6, 6.07) is 23.8. The van der Waals surface area contributed by atoms with Crippen LogP contribution < -0.4 is 15.3 Å². The van der Waals surface area contributed by atoms with Crippen LogP contribution in [0.5, 0.6) is 11.5 Å². The third-order valence-electron chi connectivity index (χ3n) is 7.02. The number of carboxylic acid groups (broad SMARTS) is 1. The molecule has 0 saturated carbocycles. The molecule has 0 radical (unpaired) electrons. The Kier molecular flexibility index (Phi) is 11.6. The van der Waals surface area contributed by atoms with Gasteiger partial charge in [-0.25, -0.2) is 20.4 Å². The molecule has 4 rings (SSSR count). The molecule has 3 aromatic carbocycles. The van der Waals surface area contributed by atoms with Crippen molar-refractivity contribution in [1.29, 1.82) is 0 Å². The Labute approximate surface area is 257 Å². The molecular formula is C33H35ClN4O5. The Bertz CT molecular complexity index is 1450. The van der Waals surface area contributed by atoms with Gasteiger partial charge >= 0.3 is 12.1 Å². The fourth-order valence-electron chi connectivity index (χ4n) is 4.80. The quantitative estimate of drug-likeness (QED) is 0.0612. The fraction of sp³-hybridized carbons (Fsp3) is 0.273. The van der Waals surface area contributed by atoms with Crippen LogP contribution in [0.2, 0.25) is 5.02 Å². The lowest BCUT2D eigenvalue weighted by atomic mass is 9.96. The largest absolute Gasteiger partial charge is 0.488 e. The van der Waals surface area contributed by atoms with Crippen LogP contribution in [-0.2, 0) is 4.79 Å². The molecule has 43 heavy (non-hydrogen) atoms. The van der Waals surface area contributed by atoms with Crippen LogP contribution in [0.1, 0.15) is 29.2 Å². The van der Waals surface area contributed by atoms with Gasteiger partial charge in [0.2, 0.25) is 0 Å². The van der Waals surface area contributed by atoms with Gasteiger partial charge in [0.15, 0.2) is 11.5 Å². The summed E-state index contributed by atoms with van der Waals surface area (Å²) in [7, 11) is 0. The van der Waals surface area contributed by atoms with Crippen LogP contribution in [0, 0.1) is 11.8 Å². The summed E-state index contributed by atoms with van der Waals surface area (Å²) in [6.07, 6.45) is 0.107. The standard InChI is InChI=1S/C33H35ClN4O5/c1-2-31(39)43-30-24-25(8-6-7-17-38(35)33(40)41)11-16-29(30)42-23-22-36-18-20-37(21-19-36)32(26-9-4-3-5-10-26)27-12-14-28(34)15-13-27/h2-5,9-16,24,32H,1,7,17-23,35H2,(H,40,41). The van der Waals surface area contributed by atoms with Gasteiger partial charge in [0, 0.05) is 61.9 Å². The van der Waals surface area contributed by atoms with Crippen molar-refractivity contribution in [3.8, 4) is 23.3 Å². The first-order valence-electron chi connectivity index (χ1n) is 14.0. The van der Waals surface area contributed by atoms with E-state index in [0.717, 1.165) is 37.3 Å². The molecule has 1 heterocycles. The maximum absolute atomic E-state index is 11.9. The highest BCUT2D eigenvalue weighted by molar-refractivity contribution is 6.30. The number of rotatable bonds is 11. The zero-order valence-electron chi connectivity index (χ0n) is 23.8. The number of hydrogen-bond donors (Lipinski definition) is 2. The molecule has 1 fully saturated rings. The Morgan fingerprint density at radius 3 is 2.40 bits per heavy atom. The van der Waals surface area contributed by atoms with E-state index in [4.69, 9.17) is 32.0 Å². The number of benzene rings is 3. The normalized spacial score (nSPS) is 14.2. The number of halogens is 1. The first kappa shape index (κ1) is 31.6. The number of nitrogens with zero attached hydrogens (tertiary/aromatic N) is 3. The number of nitrogens with two attached hydrogens (primary N) is 1. The van der Waals surface area contributed by atoms with E-state index in [1.54, 1.807) is 18.2 Å². The molecule has 3 aromatic rings. The summed E-state index contributed by atoms with van der Waals surface area (Å²) in [5.74, 6) is 11.2. The summed E-state index contributed by atoms with van der Waals surface area (Å²) in [6.45, 7) is 8.21. The zero-order valence-corrected chi connectivity index (χ0v) is 24.6. The molecule has 0 bridgehead atoms. The summed E-state index contributed by atoms with van der Waals surface area (Å²) in [5, 5.41) is 10.2. The van der Waals surface area contributed by atoms with Gasteiger partial charge in [0.05, 0.1) is 12.6 Å². The van der Waals surface area contributed by atoms with Crippen molar-refractivity contribution in [2.24, 2.45) is 5.84 Å². The number of piperazine rings is 1. The number of hydrazine groups is 1. The zero-order chi connectivity index (χ0) is 30.6. The van der Waals surface area contributed by atoms with Crippen LogP contribution >= 0.6 is 11.6 Å². The molecular weight excluding hydrogens is 568 g/mol.